The van der Waals surface area contributed by atoms with Crippen LogP contribution in [0.5, 0.6) is 0 Å². The van der Waals surface area contributed by atoms with E-state index in [0.29, 0.717) is 28.3 Å². The number of nitrogens with zero attached hydrogens (tertiary/aromatic N) is 3. The molecule has 3 N–H and O–H groups in total. The largest absolute Gasteiger partial charge is 0.384 e. The van der Waals surface area contributed by atoms with Crippen molar-refractivity contribution in [2.24, 2.45) is 5.73 Å². The van der Waals surface area contributed by atoms with Gasteiger partial charge in [-0.15, -0.1) is 0 Å². The van der Waals surface area contributed by atoms with Crippen LogP contribution in [0.15, 0.2) is 66.5 Å². The number of nitrogens with two attached hydrogens (primary N) is 1. The maximum Gasteiger partial charge on any atom is 0.279 e. The maximum atomic E-state index is 13.8. The van der Waals surface area contributed by atoms with Gasteiger partial charge in [0.1, 0.15) is 11.5 Å². The Morgan fingerprint density at radius 3 is 2.25 bits per heavy atom. The third-order valence-corrected chi connectivity index (χ3v) is 5.12. The van der Waals surface area contributed by atoms with E-state index in [0.717, 1.165) is 5.56 Å². The second-order valence-electron chi connectivity index (χ2n) is 8.95. The second-order valence-corrected chi connectivity index (χ2v) is 8.95. The molecule has 7 heteroatoms. The van der Waals surface area contributed by atoms with Crippen molar-refractivity contribution < 1.29 is 9.59 Å². The number of aryl methyl sites for hydroxylation is 1. The molecule has 0 saturated carbocycles. The number of benzene rings is 2. The minimum absolute atomic E-state index is 0.207. The zero-order chi connectivity index (χ0) is 23.0. The fourth-order valence-electron chi connectivity index (χ4n) is 3.85. The highest BCUT2D eigenvalue weighted by Gasteiger charge is 2.34. The Labute approximate surface area is 187 Å². The number of aromatic nitrogens is 2. The van der Waals surface area contributed by atoms with Crippen LogP contribution in [0.25, 0.3) is 5.70 Å². The van der Waals surface area contributed by atoms with Gasteiger partial charge in [-0.25, -0.2) is 0 Å². The van der Waals surface area contributed by atoms with E-state index in [9.17, 15) is 9.59 Å². The smallest absolute Gasteiger partial charge is 0.279 e. The van der Waals surface area contributed by atoms with E-state index in [4.69, 9.17) is 5.73 Å². The molecule has 3 aromatic rings. The third-order valence-electron chi connectivity index (χ3n) is 5.12. The summed E-state index contributed by atoms with van der Waals surface area (Å²) in [6.07, 6.45) is 0. The number of fused-ring (bicyclic) bond motifs is 2. The molecule has 32 heavy (non-hydrogen) atoms. The summed E-state index contributed by atoms with van der Waals surface area (Å²) in [7, 11) is 0. The highest BCUT2D eigenvalue weighted by molar-refractivity contribution is 6.09. The molecular formula is C25H27N5O2. The minimum Gasteiger partial charge on any atom is -0.384 e. The standard InChI is InChI=1S/C25H27N5O2/c1-16-14-20-24(32)29(15-17-10-6-5-7-11-17)21(22(26)27-25(2,3)4)18-12-8-9-13-19(18)23(31)30(20)28-16/h5-14,27H,15,26H2,1-4H3/b22-21-. The van der Waals surface area contributed by atoms with Gasteiger partial charge >= 0.3 is 0 Å². The van der Waals surface area contributed by atoms with Gasteiger partial charge in [-0.1, -0.05) is 48.5 Å². The molecule has 1 aromatic heterocycles. The number of carbonyl (C=O) groups excluding carboxylic acids is 2. The lowest BCUT2D eigenvalue weighted by Crippen LogP contribution is -2.43. The Morgan fingerprint density at radius 1 is 0.969 bits per heavy atom. The molecule has 1 amide bonds. The Morgan fingerprint density at radius 2 is 1.59 bits per heavy atom. The van der Waals surface area contributed by atoms with Crippen molar-refractivity contribution in [1.82, 2.24) is 20.0 Å². The van der Waals surface area contributed by atoms with Gasteiger partial charge < -0.3 is 11.1 Å². The van der Waals surface area contributed by atoms with Gasteiger partial charge in [0.15, 0.2) is 0 Å². The van der Waals surface area contributed by atoms with Crippen LogP contribution < -0.4 is 11.1 Å². The first-order valence-corrected chi connectivity index (χ1v) is 10.5. The number of nitrogens with one attached hydrogen (secondary N) is 1. The van der Waals surface area contributed by atoms with Gasteiger partial charge in [0, 0.05) is 11.1 Å². The van der Waals surface area contributed by atoms with Crippen LogP contribution in [-0.4, -0.2) is 32.0 Å². The van der Waals surface area contributed by atoms with Gasteiger partial charge in [0.25, 0.3) is 11.8 Å². The Kier molecular flexibility index (Phi) is 5.34. The molecule has 0 unspecified atom stereocenters. The molecule has 0 fully saturated rings. The van der Waals surface area contributed by atoms with E-state index in [1.165, 1.54) is 4.68 Å². The lowest BCUT2D eigenvalue weighted by molar-refractivity contribution is 0.0789. The average molecular weight is 430 g/mol. The Bertz CT molecular complexity index is 1220. The van der Waals surface area contributed by atoms with Gasteiger partial charge in [0.05, 0.1) is 23.5 Å². The van der Waals surface area contributed by atoms with Crippen LogP contribution in [0, 0.1) is 6.92 Å². The van der Waals surface area contributed by atoms with Crippen molar-refractivity contribution in [3.63, 3.8) is 0 Å². The maximum absolute atomic E-state index is 13.8. The van der Waals surface area contributed by atoms with Crippen molar-refractivity contribution in [2.45, 2.75) is 39.8 Å². The normalized spacial score (nSPS) is 15.6. The van der Waals surface area contributed by atoms with E-state index in [1.54, 1.807) is 30.0 Å². The summed E-state index contributed by atoms with van der Waals surface area (Å²) >= 11 is 0. The molecule has 1 aliphatic rings. The Hall–Kier alpha value is -3.87. The fraction of sp³-hybridized carbons (Fsp3) is 0.240. The number of hydrogen-bond acceptors (Lipinski definition) is 5. The van der Waals surface area contributed by atoms with Crippen LogP contribution in [-0.2, 0) is 6.54 Å². The van der Waals surface area contributed by atoms with Gasteiger partial charge in [0.2, 0.25) is 0 Å². The molecule has 0 saturated heterocycles. The first kappa shape index (κ1) is 21.4. The minimum atomic E-state index is -0.363. The third kappa shape index (κ3) is 4.01. The first-order valence-electron chi connectivity index (χ1n) is 10.5. The van der Waals surface area contributed by atoms with Crippen molar-refractivity contribution in [1.29, 1.82) is 0 Å². The molecule has 164 valence electrons. The lowest BCUT2D eigenvalue weighted by Gasteiger charge is -2.32. The monoisotopic (exact) mass is 429 g/mol. The fourth-order valence-corrected chi connectivity index (χ4v) is 3.85. The molecule has 4 rings (SSSR count). The molecule has 1 aliphatic heterocycles. The van der Waals surface area contributed by atoms with Crippen LogP contribution in [0.3, 0.4) is 0 Å². The van der Waals surface area contributed by atoms with Crippen molar-refractivity contribution in [2.75, 3.05) is 0 Å². The molecule has 0 aliphatic carbocycles. The predicted molar refractivity (Wildman–Crippen MR) is 123 cm³/mol. The molecule has 0 radical (unpaired) electrons. The first-order chi connectivity index (χ1) is 15.2. The summed E-state index contributed by atoms with van der Waals surface area (Å²) in [5.74, 6) is -0.379. The average Bonchev–Trinajstić information content (AvgIpc) is 3.13. The van der Waals surface area contributed by atoms with Crippen molar-refractivity contribution >= 4 is 17.5 Å². The van der Waals surface area contributed by atoms with Crippen LogP contribution in [0.2, 0.25) is 0 Å². The van der Waals surface area contributed by atoms with E-state index in [-0.39, 0.29) is 29.6 Å². The van der Waals surface area contributed by atoms with Crippen molar-refractivity contribution in [3.8, 4) is 0 Å². The molecule has 0 spiro atoms. The summed E-state index contributed by atoms with van der Waals surface area (Å²) in [5, 5.41) is 7.60. The molecule has 0 bridgehead atoms. The number of hydrogen-bond donors (Lipinski definition) is 2. The molecule has 2 aromatic carbocycles. The van der Waals surface area contributed by atoms with Crippen LogP contribution in [0.4, 0.5) is 0 Å². The van der Waals surface area contributed by atoms with E-state index >= 15 is 0 Å². The van der Waals surface area contributed by atoms with E-state index in [2.05, 4.69) is 10.4 Å². The van der Waals surface area contributed by atoms with Gasteiger partial charge in [-0.05, 0) is 45.4 Å². The summed E-state index contributed by atoms with van der Waals surface area (Å²) < 4.78 is 1.19. The highest BCUT2D eigenvalue weighted by atomic mass is 16.2. The number of amides is 1. The molecular weight excluding hydrogens is 402 g/mol. The number of rotatable bonds is 3. The quantitative estimate of drug-likeness (QED) is 0.665. The Balaban J connectivity index is 2.01. The predicted octanol–water partition coefficient (Wildman–Crippen LogP) is 3.51. The molecule has 0 atom stereocenters. The van der Waals surface area contributed by atoms with E-state index < -0.39 is 0 Å². The van der Waals surface area contributed by atoms with Crippen LogP contribution in [0.1, 0.15) is 58.4 Å². The second kappa shape index (κ2) is 8.00. The summed E-state index contributed by atoms with van der Waals surface area (Å²) in [4.78, 5) is 28.9. The van der Waals surface area contributed by atoms with E-state index in [1.807, 2.05) is 63.2 Å². The SMILES string of the molecule is Cc1cc2n(n1)C(=O)c1ccccc1/C(=C(\N)NC(C)(C)C)N(Cc1ccccc1)C2=O. The highest BCUT2D eigenvalue weighted by Crippen LogP contribution is 2.31. The summed E-state index contributed by atoms with van der Waals surface area (Å²) in [5.41, 5.74) is 9.46. The van der Waals surface area contributed by atoms with Crippen LogP contribution >= 0.6 is 0 Å². The zero-order valence-corrected chi connectivity index (χ0v) is 18.7. The summed E-state index contributed by atoms with van der Waals surface area (Å²) in [6.45, 7) is 8.01. The van der Waals surface area contributed by atoms with Crippen molar-refractivity contribution in [3.05, 3.63) is 94.6 Å². The lowest BCUT2D eigenvalue weighted by atomic mass is 9.99. The molecule has 7 nitrogen and oxygen atoms in total. The molecule has 2 heterocycles. The number of carbonyl (C=O) groups is 2. The van der Waals surface area contributed by atoms with Gasteiger partial charge in [-0.2, -0.15) is 9.78 Å². The zero-order valence-electron chi connectivity index (χ0n) is 18.7. The van der Waals surface area contributed by atoms with Gasteiger partial charge in [-0.3, -0.25) is 14.5 Å². The summed E-state index contributed by atoms with van der Waals surface area (Å²) in [6, 6.07) is 18.5. The topological polar surface area (TPSA) is 93.2 Å².